The summed E-state index contributed by atoms with van der Waals surface area (Å²) >= 11 is 18.4. The van der Waals surface area contributed by atoms with Gasteiger partial charge >= 0.3 is 0 Å². The Kier molecular flexibility index (Phi) is 9.11. The van der Waals surface area contributed by atoms with Crippen molar-refractivity contribution in [2.45, 2.75) is 19.9 Å². The zero-order valence-corrected chi connectivity index (χ0v) is 22.8. The number of carbonyl (C=O) groups is 2. The average Bonchev–Trinajstić information content (AvgIpc) is 2.87. The maximum absolute atomic E-state index is 14.4. The molecule has 1 aliphatic heterocycles. The summed E-state index contributed by atoms with van der Waals surface area (Å²) in [6.07, 6.45) is 0. The van der Waals surface area contributed by atoms with Gasteiger partial charge in [0, 0.05) is 23.1 Å². The number of carbonyl (C=O) groups excluding carboxylic acids is 2. The minimum Gasteiger partial charge on any atom is -0.482 e. The van der Waals surface area contributed by atoms with E-state index < -0.39 is 18.6 Å². The van der Waals surface area contributed by atoms with E-state index in [9.17, 15) is 9.59 Å². The number of imide groups is 1. The van der Waals surface area contributed by atoms with E-state index in [2.05, 4.69) is 0 Å². The molecule has 0 N–H and O–H groups in total. The Bertz CT molecular complexity index is 1260. The largest absolute Gasteiger partial charge is 0.482 e. The summed E-state index contributed by atoms with van der Waals surface area (Å²) in [4.78, 5) is 31.4. The maximum atomic E-state index is 14.4. The van der Waals surface area contributed by atoms with Crippen molar-refractivity contribution in [3.63, 3.8) is 0 Å². The maximum Gasteiger partial charge on any atom is 0.271 e. The molecule has 1 atom stereocenters. The molecule has 1 aliphatic rings. The van der Waals surface area contributed by atoms with Gasteiger partial charge in [0.25, 0.3) is 11.8 Å². The highest BCUT2D eigenvalue weighted by atomic mass is 35.5. The summed E-state index contributed by atoms with van der Waals surface area (Å²) in [5, 5.41) is 1.29. The number of benzene rings is 3. The quantitative estimate of drug-likeness (QED) is 0.340. The van der Waals surface area contributed by atoms with Crippen molar-refractivity contribution < 1.29 is 19.1 Å². The molecule has 0 spiro atoms. The van der Waals surface area contributed by atoms with Crippen LogP contribution in [0, 0.1) is 13.8 Å². The van der Waals surface area contributed by atoms with E-state index in [4.69, 9.17) is 44.3 Å². The van der Waals surface area contributed by atoms with Crippen LogP contribution in [0.5, 0.6) is 5.75 Å². The highest BCUT2D eigenvalue weighted by Gasteiger charge is 2.37. The third-order valence-electron chi connectivity index (χ3n) is 6.21. The number of hydrogen-bond acceptors (Lipinski definition) is 5. The van der Waals surface area contributed by atoms with Crippen LogP contribution in [0.25, 0.3) is 0 Å². The fraction of sp³-hybridized carbons (Fsp3) is 0.286. The molecule has 1 heterocycles. The number of nitrogens with zero attached hydrogens (tertiary/aromatic N) is 2. The van der Waals surface area contributed by atoms with Gasteiger partial charge in [-0.15, -0.1) is 0 Å². The van der Waals surface area contributed by atoms with Crippen LogP contribution in [-0.4, -0.2) is 49.6 Å². The van der Waals surface area contributed by atoms with Gasteiger partial charge in [0.2, 0.25) is 0 Å². The van der Waals surface area contributed by atoms with Gasteiger partial charge in [-0.25, -0.2) is 4.90 Å². The number of hydrogen-bond donors (Lipinski definition) is 0. The fourth-order valence-electron chi connectivity index (χ4n) is 4.43. The zero-order valence-electron chi connectivity index (χ0n) is 20.5. The number of amides is 2. The number of anilines is 1. The van der Waals surface area contributed by atoms with E-state index >= 15 is 0 Å². The lowest BCUT2D eigenvalue weighted by Crippen LogP contribution is -2.50. The van der Waals surface area contributed by atoms with Gasteiger partial charge in [-0.2, -0.15) is 0 Å². The molecule has 2 amide bonds. The molecule has 1 saturated heterocycles. The highest BCUT2D eigenvalue weighted by Crippen LogP contribution is 2.33. The summed E-state index contributed by atoms with van der Waals surface area (Å²) in [5.41, 5.74) is 2.86. The molecule has 3 aromatic carbocycles. The monoisotopic (exact) mass is 560 g/mol. The predicted octanol–water partition coefficient (Wildman–Crippen LogP) is 6.28. The van der Waals surface area contributed by atoms with E-state index in [0.29, 0.717) is 47.8 Å². The first-order valence-corrected chi connectivity index (χ1v) is 13.0. The van der Waals surface area contributed by atoms with Gasteiger partial charge in [0.15, 0.2) is 6.61 Å². The molecule has 0 saturated carbocycles. The minimum absolute atomic E-state index is 0.276. The SMILES string of the molecule is Cc1cccc(C)c1N(C(=O)COc1ccc(Cl)cc1Cl)C(=O)C(c1ccc(Cl)cc1)N1CCOCC1. The average molecular weight is 562 g/mol. The van der Waals surface area contributed by atoms with Crippen LogP contribution in [0.2, 0.25) is 15.1 Å². The molecule has 3 aromatic rings. The third-order valence-corrected chi connectivity index (χ3v) is 6.99. The Morgan fingerprint density at radius 1 is 0.946 bits per heavy atom. The molecular formula is C28H27Cl3N2O4. The summed E-state index contributed by atoms with van der Waals surface area (Å²) < 4.78 is 11.3. The number of rotatable bonds is 7. The first kappa shape index (κ1) is 27.4. The van der Waals surface area contributed by atoms with Crippen molar-refractivity contribution in [2.75, 3.05) is 37.8 Å². The highest BCUT2D eigenvalue weighted by molar-refractivity contribution is 6.35. The van der Waals surface area contributed by atoms with Crippen LogP contribution >= 0.6 is 34.8 Å². The van der Waals surface area contributed by atoms with Crippen LogP contribution in [0.4, 0.5) is 5.69 Å². The Labute approximate surface area is 231 Å². The minimum atomic E-state index is -0.719. The standard InChI is InChI=1S/C28H27Cl3N2O4/c1-18-4-3-5-19(2)26(18)33(25(34)17-37-24-11-10-22(30)16-23(24)31)28(35)27(32-12-14-36-15-13-32)20-6-8-21(29)9-7-20/h3-11,16,27H,12-15,17H2,1-2H3. The summed E-state index contributed by atoms with van der Waals surface area (Å²) in [6, 6.07) is 16.8. The van der Waals surface area contributed by atoms with Crippen molar-refractivity contribution in [1.82, 2.24) is 4.90 Å². The van der Waals surface area contributed by atoms with Gasteiger partial charge in [0.1, 0.15) is 11.8 Å². The number of halogens is 3. The van der Waals surface area contributed by atoms with Crippen LogP contribution in [0.3, 0.4) is 0 Å². The van der Waals surface area contributed by atoms with Crippen LogP contribution < -0.4 is 9.64 Å². The molecule has 1 unspecified atom stereocenters. The number of morpholine rings is 1. The molecule has 0 bridgehead atoms. The second-order valence-electron chi connectivity index (χ2n) is 8.77. The van der Waals surface area contributed by atoms with Gasteiger partial charge in [-0.05, 0) is 60.9 Å². The molecule has 0 aromatic heterocycles. The first-order chi connectivity index (χ1) is 17.8. The molecule has 194 valence electrons. The first-order valence-electron chi connectivity index (χ1n) is 11.8. The second kappa shape index (κ2) is 12.3. The van der Waals surface area contributed by atoms with Crippen LogP contribution in [0.1, 0.15) is 22.7 Å². The second-order valence-corrected chi connectivity index (χ2v) is 10.1. The lowest BCUT2D eigenvalue weighted by atomic mass is 10.0. The van der Waals surface area contributed by atoms with Crippen molar-refractivity contribution in [3.05, 3.63) is 92.4 Å². The van der Waals surface area contributed by atoms with Gasteiger partial charge < -0.3 is 9.47 Å². The van der Waals surface area contributed by atoms with Crippen molar-refractivity contribution in [3.8, 4) is 5.75 Å². The fourth-order valence-corrected chi connectivity index (χ4v) is 5.01. The predicted molar refractivity (Wildman–Crippen MR) is 147 cm³/mol. The summed E-state index contributed by atoms with van der Waals surface area (Å²) in [7, 11) is 0. The smallest absolute Gasteiger partial charge is 0.271 e. The normalized spacial score (nSPS) is 14.7. The van der Waals surface area contributed by atoms with Crippen molar-refractivity contribution in [2.24, 2.45) is 0 Å². The third kappa shape index (κ3) is 6.46. The van der Waals surface area contributed by atoms with E-state index in [1.165, 1.54) is 11.0 Å². The number of para-hydroxylation sites is 1. The van der Waals surface area contributed by atoms with E-state index in [1.807, 2.05) is 49.1 Å². The van der Waals surface area contributed by atoms with E-state index in [0.717, 1.165) is 16.7 Å². The van der Waals surface area contributed by atoms with Crippen LogP contribution in [-0.2, 0) is 14.3 Å². The number of aryl methyl sites for hydroxylation is 2. The van der Waals surface area contributed by atoms with Gasteiger partial charge in [0.05, 0.1) is 23.9 Å². The summed E-state index contributed by atoms with van der Waals surface area (Å²) in [6.45, 7) is 5.43. The molecule has 9 heteroatoms. The molecule has 6 nitrogen and oxygen atoms in total. The Morgan fingerprint density at radius 3 is 2.19 bits per heavy atom. The lowest BCUT2D eigenvalue weighted by Gasteiger charge is -2.37. The van der Waals surface area contributed by atoms with Crippen molar-refractivity contribution >= 4 is 52.3 Å². The molecule has 0 radical (unpaired) electrons. The van der Waals surface area contributed by atoms with Gasteiger partial charge in [-0.1, -0.05) is 65.1 Å². The van der Waals surface area contributed by atoms with Crippen LogP contribution in [0.15, 0.2) is 60.7 Å². The molecule has 37 heavy (non-hydrogen) atoms. The van der Waals surface area contributed by atoms with Gasteiger partial charge in [-0.3, -0.25) is 14.5 Å². The zero-order chi connectivity index (χ0) is 26.5. The Balaban J connectivity index is 1.73. The summed E-state index contributed by atoms with van der Waals surface area (Å²) in [5.74, 6) is -0.589. The molecule has 0 aliphatic carbocycles. The molecule has 1 fully saturated rings. The lowest BCUT2D eigenvalue weighted by molar-refractivity contribution is -0.132. The Morgan fingerprint density at radius 2 is 1.57 bits per heavy atom. The van der Waals surface area contributed by atoms with E-state index in [1.54, 1.807) is 24.3 Å². The molecular weight excluding hydrogens is 535 g/mol. The Hall–Kier alpha value is -2.61. The van der Waals surface area contributed by atoms with E-state index in [-0.39, 0.29) is 10.9 Å². The topological polar surface area (TPSA) is 59.1 Å². The molecule has 4 rings (SSSR count). The van der Waals surface area contributed by atoms with Crippen molar-refractivity contribution in [1.29, 1.82) is 0 Å². The number of ether oxygens (including phenoxy) is 2.